The van der Waals surface area contributed by atoms with E-state index in [4.69, 9.17) is 0 Å². The van der Waals surface area contributed by atoms with Gasteiger partial charge in [0.05, 0.1) is 18.0 Å². The molecule has 1 atom stereocenters. The van der Waals surface area contributed by atoms with E-state index < -0.39 is 10.0 Å². The van der Waals surface area contributed by atoms with Crippen LogP contribution in [-0.4, -0.2) is 52.7 Å². The second-order valence-electron chi connectivity index (χ2n) is 7.95. The molecule has 0 spiro atoms. The predicted octanol–water partition coefficient (Wildman–Crippen LogP) is 2.74. The third kappa shape index (κ3) is 5.16. The molecule has 1 N–H and O–H groups in total. The minimum atomic E-state index is -3.40. The molecule has 0 saturated heterocycles. The molecule has 7 heteroatoms. The van der Waals surface area contributed by atoms with Crippen LogP contribution in [-0.2, 0) is 16.4 Å². The number of fused-ring (bicyclic) bond motifs is 1. The summed E-state index contributed by atoms with van der Waals surface area (Å²) in [5.74, 6) is -0.144. The molecule has 0 unspecified atom stereocenters. The molecule has 0 bridgehead atoms. The number of carbonyl (C=O) groups is 1. The number of carbonyl (C=O) groups excluding carboxylic acids is 1. The van der Waals surface area contributed by atoms with E-state index >= 15 is 0 Å². The zero-order valence-electron chi connectivity index (χ0n) is 17.5. The maximum absolute atomic E-state index is 12.7. The van der Waals surface area contributed by atoms with Crippen molar-refractivity contribution in [1.82, 2.24) is 10.2 Å². The monoisotopic (exact) mass is 415 g/mol. The lowest BCUT2D eigenvalue weighted by atomic mass is 10.1. The summed E-state index contributed by atoms with van der Waals surface area (Å²) in [5, 5.41) is 3.11. The van der Waals surface area contributed by atoms with Crippen LogP contribution in [0, 0.1) is 6.92 Å². The highest BCUT2D eigenvalue weighted by Crippen LogP contribution is 2.32. The van der Waals surface area contributed by atoms with Gasteiger partial charge >= 0.3 is 0 Å². The lowest BCUT2D eigenvalue weighted by molar-refractivity contribution is 0.0936. The molecular formula is C22H29N3O3S. The van der Waals surface area contributed by atoms with Crippen molar-refractivity contribution in [3.63, 3.8) is 0 Å². The van der Waals surface area contributed by atoms with Crippen molar-refractivity contribution < 1.29 is 13.2 Å². The molecule has 0 aliphatic heterocycles. The number of anilines is 1. The summed E-state index contributed by atoms with van der Waals surface area (Å²) >= 11 is 0. The number of nitrogens with one attached hydrogen (secondary N) is 1. The van der Waals surface area contributed by atoms with Gasteiger partial charge in [-0.1, -0.05) is 23.8 Å². The minimum Gasteiger partial charge on any atom is -0.345 e. The third-order valence-corrected chi connectivity index (χ3v) is 6.44. The molecule has 0 saturated carbocycles. The van der Waals surface area contributed by atoms with E-state index in [2.05, 4.69) is 30.4 Å². The molecule has 0 aromatic heterocycles. The molecular weight excluding hydrogens is 386 g/mol. The van der Waals surface area contributed by atoms with E-state index in [-0.39, 0.29) is 11.9 Å². The van der Waals surface area contributed by atoms with Gasteiger partial charge in [0, 0.05) is 18.7 Å². The van der Waals surface area contributed by atoms with E-state index in [1.807, 2.05) is 19.0 Å². The second-order valence-corrected chi connectivity index (χ2v) is 9.86. The van der Waals surface area contributed by atoms with Crippen LogP contribution in [0.15, 0.2) is 42.5 Å². The number of amides is 1. The van der Waals surface area contributed by atoms with E-state index in [1.165, 1.54) is 27.3 Å². The Hall–Kier alpha value is -2.38. The molecule has 0 heterocycles. The SMILES string of the molecule is Cc1ccc2c(c1)CC[C@H]2NC(=O)c1ccc(N(CCN(C)C)S(C)(=O)=O)cc1. The van der Waals surface area contributed by atoms with Crippen LogP contribution in [0.2, 0.25) is 0 Å². The Morgan fingerprint density at radius 1 is 1.10 bits per heavy atom. The number of benzene rings is 2. The Labute approximate surface area is 173 Å². The minimum absolute atomic E-state index is 0.0189. The highest BCUT2D eigenvalue weighted by molar-refractivity contribution is 7.92. The molecule has 0 fully saturated rings. The second kappa shape index (κ2) is 8.55. The number of likely N-dealkylation sites (N-methyl/N-ethyl adjacent to an activating group) is 1. The Morgan fingerprint density at radius 3 is 2.41 bits per heavy atom. The van der Waals surface area contributed by atoms with Gasteiger partial charge in [-0.05, 0) is 69.3 Å². The van der Waals surface area contributed by atoms with Gasteiger partial charge in [-0.15, -0.1) is 0 Å². The van der Waals surface area contributed by atoms with E-state index in [1.54, 1.807) is 24.3 Å². The van der Waals surface area contributed by atoms with Crippen molar-refractivity contribution >= 4 is 21.6 Å². The van der Waals surface area contributed by atoms with Crippen molar-refractivity contribution in [1.29, 1.82) is 0 Å². The van der Waals surface area contributed by atoms with Crippen molar-refractivity contribution in [3.8, 4) is 0 Å². The smallest absolute Gasteiger partial charge is 0.251 e. The molecule has 1 aliphatic carbocycles. The summed E-state index contributed by atoms with van der Waals surface area (Å²) in [6.45, 7) is 3.04. The lowest BCUT2D eigenvalue weighted by Gasteiger charge is -2.24. The molecule has 6 nitrogen and oxygen atoms in total. The standard InChI is InChI=1S/C22H29N3O3S/c1-16-5-11-20-18(15-16)8-12-21(20)23-22(26)17-6-9-19(10-7-17)25(29(4,27)28)14-13-24(2)3/h5-7,9-11,15,21H,8,12-14H2,1-4H3,(H,23,26)/t21-/m1/s1. The van der Waals surface area contributed by atoms with Crippen LogP contribution in [0.4, 0.5) is 5.69 Å². The maximum Gasteiger partial charge on any atom is 0.251 e. The van der Waals surface area contributed by atoms with Crippen LogP contribution in [0.3, 0.4) is 0 Å². The summed E-state index contributed by atoms with van der Waals surface area (Å²) in [6.07, 6.45) is 3.06. The van der Waals surface area contributed by atoms with Crippen LogP contribution in [0.1, 0.15) is 39.5 Å². The third-order valence-electron chi connectivity index (χ3n) is 5.25. The van der Waals surface area contributed by atoms with E-state index in [0.29, 0.717) is 24.3 Å². The Morgan fingerprint density at radius 2 is 1.79 bits per heavy atom. The van der Waals surface area contributed by atoms with Gasteiger partial charge in [-0.2, -0.15) is 0 Å². The average molecular weight is 416 g/mol. The topological polar surface area (TPSA) is 69.7 Å². The van der Waals surface area contributed by atoms with Gasteiger partial charge in [-0.25, -0.2) is 8.42 Å². The average Bonchev–Trinajstić information content (AvgIpc) is 3.02. The molecule has 2 aromatic rings. The van der Waals surface area contributed by atoms with Gasteiger partial charge in [0.2, 0.25) is 10.0 Å². The van der Waals surface area contributed by atoms with Crippen molar-refractivity contribution in [2.75, 3.05) is 37.7 Å². The number of hydrogen-bond acceptors (Lipinski definition) is 4. The maximum atomic E-state index is 12.7. The van der Waals surface area contributed by atoms with Gasteiger partial charge in [0.1, 0.15) is 0 Å². The molecule has 1 aliphatic rings. The first-order chi connectivity index (χ1) is 13.6. The van der Waals surface area contributed by atoms with Crippen molar-refractivity contribution in [3.05, 3.63) is 64.7 Å². The molecule has 156 valence electrons. The predicted molar refractivity (Wildman–Crippen MR) is 117 cm³/mol. The van der Waals surface area contributed by atoms with E-state index in [0.717, 1.165) is 12.8 Å². The summed E-state index contributed by atoms with van der Waals surface area (Å²) < 4.78 is 25.7. The Kier molecular flexibility index (Phi) is 6.29. The molecule has 3 rings (SSSR count). The summed E-state index contributed by atoms with van der Waals surface area (Å²) in [7, 11) is 0.402. The quantitative estimate of drug-likeness (QED) is 0.755. The molecule has 2 aromatic carbocycles. The van der Waals surface area contributed by atoms with E-state index in [9.17, 15) is 13.2 Å². The fraction of sp³-hybridized carbons (Fsp3) is 0.409. The lowest BCUT2D eigenvalue weighted by Crippen LogP contribution is -2.36. The number of nitrogens with zero attached hydrogens (tertiary/aromatic N) is 2. The normalized spacial score (nSPS) is 16.0. The van der Waals surface area contributed by atoms with Crippen molar-refractivity contribution in [2.45, 2.75) is 25.8 Å². The largest absolute Gasteiger partial charge is 0.345 e. The number of hydrogen-bond donors (Lipinski definition) is 1. The van der Waals surface area contributed by atoms with Crippen molar-refractivity contribution in [2.24, 2.45) is 0 Å². The van der Waals surface area contributed by atoms with Crippen LogP contribution in [0.25, 0.3) is 0 Å². The molecule has 0 radical (unpaired) electrons. The Balaban J connectivity index is 1.72. The van der Waals surface area contributed by atoms with Gasteiger partial charge in [0.15, 0.2) is 0 Å². The summed E-state index contributed by atoms with van der Waals surface area (Å²) in [6, 6.07) is 13.1. The first-order valence-corrected chi connectivity index (χ1v) is 11.6. The summed E-state index contributed by atoms with van der Waals surface area (Å²) in [4.78, 5) is 14.7. The number of aryl methyl sites for hydroxylation is 2. The van der Waals surface area contributed by atoms with Gasteiger partial charge in [0.25, 0.3) is 5.91 Å². The first-order valence-electron chi connectivity index (χ1n) is 9.78. The zero-order chi connectivity index (χ0) is 21.2. The number of rotatable bonds is 7. The van der Waals surface area contributed by atoms with Crippen LogP contribution in [0.5, 0.6) is 0 Å². The van der Waals surface area contributed by atoms with Crippen LogP contribution >= 0.6 is 0 Å². The molecule has 29 heavy (non-hydrogen) atoms. The fourth-order valence-corrected chi connectivity index (χ4v) is 4.61. The fourth-order valence-electron chi connectivity index (χ4n) is 3.69. The highest BCUT2D eigenvalue weighted by Gasteiger charge is 2.24. The van der Waals surface area contributed by atoms with Gasteiger partial charge < -0.3 is 10.2 Å². The number of sulfonamides is 1. The molecule has 1 amide bonds. The zero-order valence-corrected chi connectivity index (χ0v) is 18.3. The van der Waals surface area contributed by atoms with Gasteiger partial charge in [-0.3, -0.25) is 9.10 Å². The summed E-state index contributed by atoms with van der Waals surface area (Å²) in [5.41, 5.74) is 4.81. The van der Waals surface area contributed by atoms with Crippen LogP contribution < -0.4 is 9.62 Å². The Bertz CT molecular complexity index is 985. The first kappa shape index (κ1) is 21.3. The highest BCUT2D eigenvalue weighted by atomic mass is 32.2.